The largest absolute Gasteiger partial charge is 0.311 e. The molecule has 3 nitrogen and oxygen atoms in total. The zero-order valence-electron chi connectivity index (χ0n) is 9.86. The Bertz CT molecular complexity index is 373. The van der Waals surface area contributed by atoms with Crippen LogP contribution in [0.4, 0.5) is 5.69 Å². The summed E-state index contributed by atoms with van der Waals surface area (Å²) in [6, 6.07) is 9.87. The average Bonchev–Trinajstić information content (AvgIpc) is 2.39. The average molecular weight is 218 g/mol. The third-order valence-corrected chi connectivity index (χ3v) is 2.86. The lowest BCUT2D eigenvalue weighted by atomic mass is 10.1. The molecule has 1 heterocycles. The lowest BCUT2D eigenvalue weighted by molar-refractivity contribution is -0.118. The van der Waals surface area contributed by atoms with Crippen LogP contribution in [0.3, 0.4) is 0 Å². The monoisotopic (exact) mass is 218 g/mol. The van der Waals surface area contributed by atoms with Crippen LogP contribution in [0, 0.1) is 0 Å². The van der Waals surface area contributed by atoms with Crippen molar-refractivity contribution in [3.05, 3.63) is 30.3 Å². The minimum Gasteiger partial charge on any atom is -0.311 e. The van der Waals surface area contributed by atoms with E-state index in [9.17, 15) is 4.79 Å². The molecule has 1 aliphatic rings. The minimum atomic E-state index is -0.0258. The van der Waals surface area contributed by atoms with Crippen LogP contribution in [0.1, 0.15) is 20.3 Å². The fourth-order valence-electron chi connectivity index (χ4n) is 2.03. The highest BCUT2D eigenvalue weighted by Crippen LogP contribution is 2.19. The molecule has 1 aromatic rings. The van der Waals surface area contributed by atoms with Crippen molar-refractivity contribution >= 4 is 11.6 Å². The van der Waals surface area contributed by atoms with Gasteiger partial charge in [-0.3, -0.25) is 4.79 Å². The Kier molecular flexibility index (Phi) is 2.97. The molecule has 1 N–H and O–H groups in total. The maximum atomic E-state index is 12.0. The van der Waals surface area contributed by atoms with E-state index in [0.717, 1.165) is 18.8 Å². The first-order valence-electron chi connectivity index (χ1n) is 5.69. The number of rotatable bonds is 1. The van der Waals surface area contributed by atoms with E-state index in [1.165, 1.54) is 0 Å². The summed E-state index contributed by atoms with van der Waals surface area (Å²) in [5.74, 6) is 0.198. The summed E-state index contributed by atoms with van der Waals surface area (Å²) in [7, 11) is 0. The first kappa shape index (κ1) is 11.1. The van der Waals surface area contributed by atoms with Gasteiger partial charge in [-0.05, 0) is 26.0 Å². The molecule has 0 aromatic heterocycles. The maximum Gasteiger partial charge on any atom is 0.228 e. The topological polar surface area (TPSA) is 32.3 Å². The zero-order valence-corrected chi connectivity index (χ0v) is 9.86. The van der Waals surface area contributed by atoms with Gasteiger partial charge in [0.25, 0.3) is 0 Å². The Balaban J connectivity index is 2.27. The maximum absolute atomic E-state index is 12.0. The van der Waals surface area contributed by atoms with Crippen molar-refractivity contribution < 1.29 is 4.79 Å². The van der Waals surface area contributed by atoms with Crippen molar-refractivity contribution in [2.24, 2.45) is 0 Å². The fourth-order valence-corrected chi connectivity index (χ4v) is 2.03. The van der Waals surface area contributed by atoms with Crippen LogP contribution < -0.4 is 10.2 Å². The molecule has 1 saturated heterocycles. The Hall–Kier alpha value is -1.35. The van der Waals surface area contributed by atoms with Crippen LogP contribution in [0.25, 0.3) is 0 Å². The third-order valence-electron chi connectivity index (χ3n) is 2.86. The van der Waals surface area contributed by atoms with Crippen molar-refractivity contribution in [2.75, 3.05) is 18.0 Å². The Morgan fingerprint density at radius 1 is 1.25 bits per heavy atom. The standard InChI is InChI=1S/C13H18N2O/c1-13(2)10-15(12(16)8-9-14-13)11-6-4-3-5-7-11/h3-7,14H,8-10H2,1-2H3. The Morgan fingerprint density at radius 3 is 2.62 bits per heavy atom. The molecular weight excluding hydrogens is 200 g/mol. The van der Waals surface area contributed by atoms with E-state index in [4.69, 9.17) is 0 Å². The lowest BCUT2D eigenvalue weighted by Gasteiger charge is -2.30. The minimum absolute atomic E-state index is 0.0258. The number of benzene rings is 1. The normalized spacial score (nSPS) is 20.6. The van der Waals surface area contributed by atoms with Gasteiger partial charge in [0.2, 0.25) is 5.91 Å². The highest BCUT2D eigenvalue weighted by Gasteiger charge is 2.28. The Labute approximate surface area is 96.5 Å². The predicted molar refractivity (Wildman–Crippen MR) is 65.5 cm³/mol. The van der Waals surface area contributed by atoms with Gasteiger partial charge in [0, 0.05) is 30.7 Å². The van der Waals surface area contributed by atoms with E-state index in [0.29, 0.717) is 6.42 Å². The third kappa shape index (κ3) is 2.42. The van der Waals surface area contributed by atoms with Crippen molar-refractivity contribution in [1.29, 1.82) is 0 Å². The molecule has 2 rings (SSSR count). The second kappa shape index (κ2) is 4.26. The van der Waals surface area contributed by atoms with Crippen LogP contribution in [0.5, 0.6) is 0 Å². The van der Waals surface area contributed by atoms with Gasteiger partial charge < -0.3 is 10.2 Å². The van der Waals surface area contributed by atoms with Crippen LogP contribution in [0.2, 0.25) is 0 Å². The summed E-state index contributed by atoms with van der Waals surface area (Å²) >= 11 is 0. The van der Waals surface area contributed by atoms with Crippen molar-refractivity contribution in [1.82, 2.24) is 5.32 Å². The quantitative estimate of drug-likeness (QED) is 0.779. The summed E-state index contributed by atoms with van der Waals surface area (Å²) in [6.07, 6.45) is 0.568. The fraction of sp³-hybridized carbons (Fsp3) is 0.462. The molecule has 1 fully saturated rings. The first-order valence-corrected chi connectivity index (χ1v) is 5.69. The predicted octanol–water partition coefficient (Wildman–Crippen LogP) is 1.79. The number of carbonyl (C=O) groups is 1. The number of amides is 1. The SMILES string of the molecule is CC1(C)CN(c2ccccc2)C(=O)CCN1. The molecule has 0 spiro atoms. The summed E-state index contributed by atoms with van der Waals surface area (Å²) in [5.41, 5.74) is 0.964. The van der Waals surface area contributed by atoms with Gasteiger partial charge in [-0.2, -0.15) is 0 Å². The van der Waals surface area contributed by atoms with Gasteiger partial charge in [-0.25, -0.2) is 0 Å². The van der Waals surface area contributed by atoms with Crippen LogP contribution in [-0.2, 0) is 4.79 Å². The molecule has 1 aliphatic heterocycles. The van der Waals surface area contributed by atoms with Gasteiger partial charge in [-0.1, -0.05) is 18.2 Å². The number of nitrogens with one attached hydrogen (secondary N) is 1. The number of anilines is 1. The highest BCUT2D eigenvalue weighted by molar-refractivity contribution is 5.93. The summed E-state index contributed by atoms with van der Waals surface area (Å²) in [4.78, 5) is 13.9. The van der Waals surface area contributed by atoms with Gasteiger partial charge >= 0.3 is 0 Å². The van der Waals surface area contributed by atoms with E-state index in [-0.39, 0.29) is 11.4 Å². The number of nitrogens with zero attached hydrogens (tertiary/aromatic N) is 1. The Morgan fingerprint density at radius 2 is 1.94 bits per heavy atom. The van der Waals surface area contributed by atoms with Crippen molar-refractivity contribution in [3.8, 4) is 0 Å². The first-order chi connectivity index (χ1) is 7.58. The smallest absolute Gasteiger partial charge is 0.228 e. The number of hydrogen-bond donors (Lipinski definition) is 1. The van der Waals surface area contributed by atoms with Gasteiger partial charge in [-0.15, -0.1) is 0 Å². The van der Waals surface area contributed by atoms with E-state index in [2.05, 4.69) is 19.2 Å². The van der Waals surface area contributed by atoms with E-state index in [1.54, 1.807) is 0 Å². The van der Waals surface area contributed by atoms with Gasteiger partial charge in [0.05, 0.1) is 0 Å². The summed E-state index contributed by atoms with van der Waals surface area (Å²) in [6.45, 7) is 5.73. The molecular formula is C13H18N2O. The van der Waals surface area contributed by atoms with Crippen LogP contribution in [0.15, 0.2) is 30.3 Å². The second-order valence-electron chi connectivity index (χ2n) is 4.88. The van der Waals surface area contributed by atoms with E-state index in [1.807, 2.05) is 35.2 Å². The molecule has 0 unspecified atom stereocenters. The number of carbonyl (C=O) groups excluding carboxylic acids is 1. The molecule has 0 radical (unpaired) electrons. The zero-order chi connectivity index (χ0) is 11.6. The number of hydrogen-bond acceptors (Lipinski definition) is 2. The molecule has 1 aromatic carbocycles. The molecule has 16 heavy (non-hydrogen) atoms. The molecule has 1 amide bonds. The number of para-hydroxylation sites is 1. The highest BCUT2D eigenvalue weighted by atomic mass is 16.2. The molecule has 0 aliphatic carbocycles. The molecule has 0 bridgehead atoms. The van der Waals surface area contributed by atoms with Gasteiger partial charge in [0.1, 0.15) is 0 Å². The van der Waals surface area contributed by atoms with E-state index < -0.39 is 0 Å². The molecule has 0 saturated carbocycles. The van der Waals surface area contributed by atoms with Gasteiger partial charge in [0.15, 0.2) is 0 Å². The summed E-state index contributed by atoms with van der Waals surface area (Å²) < 4.78 is 0. The second-order valence-corrected chi connectivity index (χ2v) is 4.88. The molecule has 3 heteroatoms. The van der Waals surface area contributed by atoms with Crippen LogP contribution in [-0.4, -0.2) is 24.5 Å². The summed E-state index contributed by atoms with van der Waals surface area (Å²) in [5, 5.41) is 3.39. The van der Waals surface area contributed by atoms with Crippen molar-refractivity contribution in [2.45, 2.75) is 25.8 Å². The lowest BCUT2D eigenvalue weighted by Crippen LogP contribution is -2.47. The van der Waals surface area contributed by atoms with Crippen LogP contribution >= 0.6 is 0 Å². The van der Waals surface area contributed by atoms with E-state index >= 15 is 0 Å². The molecule has 86 valence electrons. The van der Waals surface area contributed by atoms with Crippen molar-refractivity contribution in [3.63, 3.8) is 0 Å². The molecule has 0 atom stereocenters.